The molecule has 0 aliphatic heterocycles. The molecule has 3 rings (SSSR count). The molecule has 3 aromatic rings. The zero-order valence-corrected chi connectivity index (χ0v) is 12.4. The molecule has 0 bridgehead atoms. The molecule has 7 nitrogen and oxygen atoms in total. The van der Waals surface area contributed by atoms with Crippen molar-refractivity contribution in [2.75, 3.05) is 7.05 Å². The van der Waals surface area contributed by atoms with Gasteiger partial charge in [-0.3, -0.25) is 20.1 Å². The molecule has 0 radical (unpaired) electrons. The van der Waals surface area contributed by atoms with Crippen LogP contribution in [-0.4, -0.2) is 33.8 Å². The van der Waals surface area contributed by atoms with Crippen LogP contribution in [0, 0.1) is 5.41 Å². The number of aromatic nitrogens is 2. The van der Waals surface area contributed by atoms with Gasteiger partial charge in [-0.25, -0.2) is 0 Å². The number of nitrogens with zero attached hydrogens (tertiary/aromatic N) is 2. The summed E-state index contributed by atoms with van der Waals surface area (Å²) in [7, 11) is 1.45. The SMILES string of the molecule is CN(C(=N)N)C(=O)c1cc2cccc(Oc3cccnc3)c2[nH]1. The Morgan fingerprint density at radius 3 is 2.87 bits per heavy atom. The predicted molar refractivity (Wildman–Crippen MR) is 86.6 cm³/mol. The summed E-state index contributed by atoms with van der Waals surface area (Å²) >= 11 is 0. The van der Waals surface area contributed by atoms with Gasteiger partial charge in [-0.2, -0.15) is 0 Å². The summed E-state index contributed by atoms with van der Waals surface area (Å²) in [4.78, 5) is 20.3. The average Bonchev–Trinajstić information content (AvgIpc) is 2.99. The molecule has 23 heavy (non-hydrogen) atoms. The van der Waals surface area contributed by atoms with E-state index in [1.807, 2.05) is 12.1 Å². The second-order valence-corrected chi connectivity index (χ2v) is 4.94. The molecule has 0 atom stereocenters. The fourth-order valence-corrected chi connectivity index (χ4v) is 2.15. The Labute approximate surface area is 132 Å². The Hall–Kier alpha value is -3.35. The van der Waals surface area contributed by atoms with Crippen LogP contribution in [0.3, 0.4) is 0 Å². The summed E-state index contributed by atoms with van der Waals surface area (Å²) in [6.07, 6.45) is 3.27. The van der Waals surface area contributed by atoms with Gasteiger partial charge in [0.2, 0.25) is 0 Å². The second-order valence-electron chi connectivity index (χ2n) is 4.94. The first-order chi connectivity index (χ1) is 11.1. The highest BCUT2D eigenvalue weighted by Crippen LogP contribution is 2.29. The summed E-state index contributed by atoms with van der Waals surface area (Å²) in [5, 5.41) is 8.17. The number of nitrogens with one attached hydrogen (secondary N) is 2. The molecule has 2 aromatic heterocycles. The van der Waals surface area contributed by atoms with Crippen LogP contribution in [0.5, 0.6) is 11.5 Å². The van der Waals surface area contributed by atoms with Crippen molar-refractivity contribution in [3.63, 3.8) is 0 Å². The minimum Gasteiger partial charge on any atom is -0.454 e. The minimum absolute atomic E-state index is 0.319. The van der Waals surface area contributed by atoms with Crippen LogP contribution in [0.4, 0.5) is 0 Å². The third kappa shape index (κ3) is 2.84. The molecular weight excluding hydrogens is 294 g/mol. The standard InChI is InChI=1S/C16H15N5O2/c1-21(16(17)18)15(22)12-8-10-4-2-6-13(14(10)20-12)23-11-5-3-7-19-9-11/h2-9,20H,1H3,(H3,17,18). The zero-order valence-electron chi connectivity index (χ0n) is 12.4. The number of hydrogen-bond acceptors (Lipinski definition) is 4. The molecule has 0 aliphatic rings. The number of ether oxygens (including phenoxy) is 1. The topological polar surface area (TPSA) is 108 Å². The minimum atomic E-state index is -0.388. The van der Waals surface area contributed by atoms with Crippen LogP contribution in [0.25, 0.3) is 10.9 Å². The second kappa shape index (κ2) is 5.80. The van der Waals surface area contributed by atoms with Gasteiger partial charge in [0, 0.05) is 18.6 Å². The Morgan fingerprint density at radius 2 is 2.17 bits per heavy atom. The summed E-state index contributed by atoms with van der Waals surface area (Å²) in [6, 6.07) is 10.8. The monoisotopic (exact) mass is 309 g/mol. The van der Waals surface area contributed by atoms with Crippen LogP contribution < -0.4 is 10.5 Å². The normalized spacial score (nSPS) is 10.5. The average molecular weight is 309 g/mol. The van der Waals surface area contributed by atoms with Gasteiger partial charge in [-0.05, 0) is 24.3 Å². The largest absolute Gasteiger partial charge is 0.454 e. The van der Waals surface area contributed by atoms with Gasteiger partial charge in [0.05, 0.1) is 11.7 Å². The molecule has 4 N–H and O–H groups in total. The van der Waals surface area contributed by atoms with E-state index in [0.717, 1.165) is 10.3 Å². The molecular formula is C16H15N5O2. The number of para-hydroxylation sites is 1. The number of pyridine rings is 1. The fourth-order valence-electron chi connectivity index (χ4n) is 2.15. The molecule has 0 unspecified atom stereocenters. The lowest BCUT2D eigenvalue weighted by atomic mass is 10.2. The molecule has 1 aromatic carbocycles. The van der Waals surface area contributed by atoms with Crippen LogP contribution in [0.2, 0.25) is 0 Å². The van der Waals surface area contributed by atoms with E-state index in [1.54, 1.807) is 36.7 Å². The van der Waals surface area contributed by atoms with Crippen molar-refractivity contribution in [3.8, 4) is 11.5 Å². The van der Waals surface area contributed by atoms with E-state index in [-0.39, 0.29) is 11.9 Å². The number of amides is 1. The van der Waals surface area contributed by atoms with Crippen LogP contribution in [0.15, 0.2) is 48.8 Å². The van der Waals surface area contributed by atoms with E-state index in [0.29, 0.717) is 22.7 Å². The smallest absolute Gasteiger partial charge is 0.276 e. The summed E-state index contributed by atoms with van der Waals surface area (Å²) in [5.41, 5.74) is 6.37. The maximum Gasteiger partial charge on any atom is 0.276 e. The third-order valence-corrected chi connectivity index (χ3v) is 3.38. The maximum atomic E-state index is 12.2. The van der Waals surface area contributed by atoms with Crippen molar-refractivity contribution in [3.05, 3.63) is 54.5 Å². The summed E-state index contributed by atoms with van der Waals surface area (Å²) in [6.45, 7) is 0. The maximum absolute atomic E-state index is 12.2. The van der Waals surface area contributed by atoms with E-state index in [9.17, 15) is 4.79 Å². The third-order valence-electron chi connectivity index (χ3n) is 3.38. The molecule has 116 valence electrons. The van der Waals surface area contributed by atoms with Gasteiger partial charge < -0.3 is 15.5 Å². The molecule has 2 heterocycles. The molecule has 0 saturated carbocycles. The lowest BCUT2D eigenvalue weighted by Gasteiger charge is -2.12. The molecule has 0 aliphatic carbocycles. The van der Waals surface area contributed by atoms with Crippen molar-refractivity contribution < 1.29 is 9.53 Å². The van der Waals surface area contributed by atoms with E-state index in [1.165, 1.54) is 7.05 Å². The van der Waals surface area contributed by atoms with Gasteiger partial charge in [0.25, 0.3) is 5.91 Å². The fraction of sp³-hybridized carbons (Fsp3) is 0.0625. The van der Waals surface area contributed by atoms with Crippen molar-refractivity contribution in [1.82, 2.24) is 14.9 Å². The lowest BCUT2D eigenvalue weighted by Crippen LogP contribution is -2.38. The number of carbonyl (C=O) groups is 1. The predicted octanol–water partition coefficient (Wildman–Crippen LogP) is 2.32. The van der Waals surface area contributed by atoms with Gasteiger partial charge in [0.1, 0.15) is 11.4 Å². The zero-order chi connectivity index (χ0) is 16.4. The van der Waals surface area contributed by atoms with E-state index in [2.05, 4.69) is 9.97 Å². The van der Waals surface area contributed by atoms with Crippen LogP contribution in [0.1, 0.15) is 10.5 Å². The Kier molecular flexibility index (Phi) is 3.68. The number of carbonyl (C=O) groups excluding carboxylic acids is 1. The molecule has 7 heteroatoms. The lowest BCUT2D eigenvalue weighted by molar-refractivity contribution is 0.0864. The van der Waals surface area contributed by atoms with Crippen molar-refractivity contribution in [2.24, 2.45) is 5.73 Å². The van der Waals surface area contributed by atoms with Gasteiger partial charge >= 0.3 is 0 Å². The Morgan fingerprint density at radius 1 is 1.35 bits per heavy atom. The number of H-pyrrole nitrogens is 1. The van der Waals surface area contributed by atoms with Crippen molar-refractivity contribution in [1.29, 1.82) is 5.41 Å². The number of guanidine groups is 1. The first-order valence-corrected chi connectivity index (χ1v) is 6.88. The highest BCUT2D eigenvalue weighted by atomic mass is 16.5. The number of aromatic amines is 1. The van der Waals surface area contributed by atoms with E-state index >= 15 is 0 Å². The highest BCUT2D eigenvalue weighted by Gasteiger charge is 2.17. The number of nitrogens with two attached hydrogens (primary N) is 1. The first-order valence-electron chi connectivity index (χ1n) is 6.88. The number of rotatable bonds is 3. The first kappa shape index (κ1) is 14.6. The molecule has 0 spiro atoms. The number of benzene rings is 1. The van der Waals surface area contributed by atoms with Crippen LogP contribution in [-0.2, 0) is 0 Å². The quantitative estimate of drug-likeness (QED) is 0.509. The van der Waals surface area contributed by atoms with Crippen LogP contribution >= 0.6 is 0 Å². The molecule has 0 fully saturated rings. The van der Waals surface area contributed by atoms with E-state index < -0.39 is 0 Å². The number of hydrogen-bond donors (Lipinski definition) is 3. The summed E-state index contributed by atoms with van der Waals surface area (Å²) < 4.78 is 5.81. The van der Waals surface area contributed by atoms with Gasteiger partial charge in [-0.15, -0.1) is 0 Å². The van der Waals surface area contributed by atoms with E-state index in [4.69, 9.17) is 15.9 Å². The van der Waals surface area contributed by atoms with Crippen molar-refractivity contribution in [2.45, 2.75) is 0 Å². The van der Waals surface area contributed by atoms with Gasteiger partial charge in [-0.1, -0.05) is 12.1 Å². The summed E-state index contributed by atoms with van der Waals surface area (Å²) in [5.74, 6) is 0.477. The Balaban J connectivity index is 1.98. The highest BCUT2D eigenvalue weighted by molar-refractivity contribution is 6.06. The number of fused-ring (bicyclic) bond motifs is 1. The van der Waals surface area contributed by atoms with Crippen molar-refractivity contribution >= 4 is 22.8 Å². The molecule has 0 saturated heterocycles. The molecule has 1 amide bonds. The Bertz CT molecular complexity index is 873. The van der Waals surface area contributed by atoms with Gasteiger partial charge in [0.15, 0.2) is 11.7 Å².